The van der Waals surface area contributed by atoms with E-state index in [9.17, 15) is 4.39 Å². The van der Waals surface area contributed by atoms with E-state index in [4.69, 9.17) is 5.21 Å². The minimum Gasteiger partial charge on any atom is -0.410 e. The maximum atomic E-state index is 12.8. The molecule has 0 aliphatic heterocycles. The molecular formula is C12H10FN3O. The number of benzene rings is 1. The highest BCUT2D eigenvalue weighted by Gasteiger charge is 2.12. The molecule has 0 aliphatic rings. The molecule has 86 valence electrons. The van der Waals surface area contributed by atoms with Crippen molar-refractivity contribution >= 4 is 5.71 Å². The van der Waals surface area contributed by atoms with E-state index < -0.39 is 0 Å². The number of oxime groups is 1. The van der Waals surface area contributed by atoms with Crippen molar-refractivity contribution in [3.05, 3.63) is 59.4 Å². The first-order valence-corrected chi connectivity index (χ1v) is 4.98. The molecule has 0 aliphatic carbocycles. The van der Waals surface area contributed by atoms with Crippen LogP contribution in [0.15, 0.2) is 41.8 Å². The van der Waals surface area contributed by atoms with Crippen LogP contribution in [-0.4, -0.2) is 20.9 Å². The molecule has 0 saturated heterocycles. The van der Waals surface area contributed by atoms with Crippen molar-refractivity contribution in [2.75, 3.05) is 0 Å². The molecule has 0 amide bonds. The number of hydrogen-bond donors (Lipinski definition) is 1. The molecule has 0 fully saturated rings. The molecule has 1 aromatic heterocycles. The van der Waals surface area contributed by atoms with E-state index in [1.54, 1.807) is 13.1 Å². The minimum atomic E-state index is -0.345. The van der Waals surface area contributed by atoms with Gasteiger partial charge in [0.15, 0.2) is 0 Å². The molecule has 1 heterocycles. The van der Waals surface area contributed by atoms with Crippen LogP contribution in [0.5, 0.6) is 0 Å². The maximum absolute atomic E-state index is 12.8. The van der Waals surface area contributed by atoms with Crippen molar-refractivity contribution in [3.8, 4) is 0 Å². The zero-order chi connectivity index (χ0) is 12.3. The lowest BCUT2D eigenvalue weighted by atomic mass is 10.1. The topological polar surface area (TPSA) is 58.4 Å². The van der Waals surface area contributed by atoms with Crippen LogP contribution >= 0.6 is 0 Å². The summed E-state index contributed by atoms with van der Waals surface area (Å²) >= 11 is 0. The van der Waals surface area contributed by atoms with Gasteiger partial charge in [-0.2, -0.15) is 0 Å². The van der Waals surface area contributed by atoms with Gasteiger partial charge in [-0.1, -0.05) is 5.16 Å². The van der Waals surface area contributed by atoms with Crippen LogP contribution < -0.4 is 0 Å². The molecule has 0 spiro atoms. The van der Waals surface area contributed by atoms with Gasteiger partial charge in [-0.25, -0.2) is 4.39 Å². The highest BCUT2D eigenvalue weighted by molar-refractivity contribution is 6.11. The Labute approximate surface area is 97.5 Å². The summed E-state index contributed by atoms with van der Waals surface area (Å²) in [5.74, 6) is -0.345. The van der Waals surface area contributed by atoms with Gasteiger partial charge in [0.05, 0.1) is 5.69 Å². The Bertz CT molecular complexity index is 552. The summed E-state index contributed by atoms with van der Waals surface area (Å²) in [6.45, 7) is 1.76. The summed E-state index contributed by atoms with van der Waals surface area (Å²) in [5.41, 5.74) is 1.97. The van der Waals surface area contributed by atoms with Crippen LogP contribution in [0.25, 0.3) is 0 Å². The fourth-order valence-corrected chi connectivity index (χ4v) is 1.49. The number of aromatic nitrogens is 2. The number of halogens is 1. The highest BCUT2D eigenvalue weighted by atomic mass is 19.1. The van der Waals surface area contributed by atoms with E-state index in [0.717, 1.165) is 0 Å². The summed E-state index contributed by atoms with van der Waals surface area (Å²) in [4.78, 5) is 8.16. The van der Waals surface area contributed by atoms with Crippen molar-refractivity contribution in [3.63, 3.8) is 0 Å². The Kier molecular flexibility index (Phi) is 3.09. The summed E-state index contributed by atoms with van der Waals surface area (Å²) in [6.07, 6.45) is 3.07. The molecule has 2 aromatic rings. The van der Waals surface area contributed by atoms with E-state index in [2.05, 4.69) is 15.1 Å². The second kappa shape index (κ2) is 4.69. The molecule has 4 nitrogen and oxygen atoms in total. The lowest BCUT2D eigenvalue weighted by molar-refractivity contribution is 0.319. The fraction of sp³-hybridized carbons (Fsp3) is 0.0833. The third-order valence-electron chi connectivity index (χ3n) is 2.32. The zero-order valence-corrected chi connectivity index (χ0v) is 9.13. The first-order chi connectivity index (χ1) is 8.22. The van der Waals surface area contributed by atoms with E-state index in [1.807, 2.05) is 0 Å². The predicted octanol–water partition coefficient (Wildman–Crippen LogP) is 2.15. The molecule has 1 N–H and O–H groups in total. The molecular weight excluding hydrogens is 221 g/mol. The second-order valence-corrected chi connectivity index (χ2v) is 3.45. The van der Waals surface area contributed by atoms with Crippen LogP contribution in [0.3, 0.4) is 0 Å². The van der Waals surface area contributed by atoms with E-state index in [1.165, 1.54) is 30.5 Å². The SMILES string of the molecule is Cc1nccnc1/C(=N/O)c1ccc(F)cc1. The minimum absolute atomic E-state index is 0.274. The van der Waals surface area contributed by atoms with Gasteiger partial charge in [-0.05, 0) is 31.2 Å². The van der Waals surface area contributed by atoms with Gasteiger partial charge < -0.3 is 5.21 Å². The quantitative estimate of drug-likeness (QED) is 0.489. The third kappa shape index (κ3) is 2.28. The summed E-state index contributed by atoms with van der Waals surface area (Å²) in [6, 6.07) is 5.65. The van der Waals surface area contributed by atoms with Crippen molar-refractivity contribution < 1.29 is 9.60 Å². The second-order valence-electron chi connectivity index (χ2n) is 3.45. The first-order valence-electron chi connectivity index (χ1n) is 4.98. The summed E-state index contributed by atoms with van der Waals surface area (Å²) in [5, 5.41) is 12.3. The largest absolute Gasteiger partial charge is 0.410 e. The Morgan fingerprint density at radius 1 is 1.18 bits per heavy atom. The third-order valence-corrected chi connectivity index (χ3v) is 2.32. The molecule has 0 bridgehead atoms. The number of aryl methyl sites for hydroxylation is 1. The lowest BCUT2D eigenvalue weighted by Crippen LogP contribution is -2.09. The first kappa shape index (κ1) is 11.2. The zero-order valence-electron chi connectivity index (χ0n) is 9.13. The van der Waals surface area contributed by atoms with Crippen molar-refractivity contribution in [2.45, 2.75) is 6.92 Å². The molecule has 0 radical (unpaired) electrons. The summed E-state index contributed by atoms with van der Waals surface area (Å²) in [7, 11) is 0. The fourth-order valence-electron chi connectivity index (χ4n) is 1.49. The van der Waals surface area contributed by atoms with Crippen LogP contribution in [0.2, 0.25) is 0 Å². The average molecular weight is 231 g/mol. The number of nitrogens with zero attached hydrogens (tertiary/aromatic N) is 3. The molecule has 17 heavy (non-hydrogen) atoms. The van der Waals surface area contributed by atoms with E-state index >= 15 is 0 Å². The lowest BCUT2D eigenvalue weighted by Gasteiger charge is -2.05. The average Bonchev–Trinajstić information content (AvgIpc) is 2.35. The monoisotopic (exact) mass is 231 g/mol. The molecule has 2 rings (SSSR count). The summed E-state index contributed by atoms with van der Waals surface area (Å²) < 4.78 is 12.8. The Morgan fingerprint density at radius 2 is 1.82 bits per heavy atom. The van der Waals surface area contributed by atoms with Gasteiger partial charge in [-0.15, -0.1) is 0 Å². The van der Waals surface area contributed by atoms with Crippen LogP contribution in [0.1, 0.15) is 17.0 Å². The van der Waals surface area contributed by atoms with Gasteiger partial charge in [0, 0.05) is 18.0 Å². The van der Waals surface area contributed by atoms with Crippen molar-refractivity contribution in [2.24, 2.45) is 5.16 Å². The van der Waals surface area contributed by atoms with Gasteiger partial charge in [-0.3, -0.25) is 9.97 Å². The van der Waals surface area contributed by atoms with Gasteiger partial charge in [0.25, 0.3) is 0 Å². The predicted molar refractivity (Wildman–Crippen MR) is 60.6 cm³/mol. The van der Waals surface area contributed by atoms with E-state index in [-0.39, 0.29) is 11.5 Å². The molecule has 1 aromatic carbocycles. The standard InChI is InChI=1S/C12H10FN3O/c1-8-11(15-7-6-14-8)12(16-17)9-2-4-10(13)5-3-9/h2-7,17H,1H3/b16-12+. The van der Waals surface area contributed by atoms with Crippen LogP contribution in [0, 0.1) is 12.7 Å². The van der Waals surface area contributed by atoms with Crippen LogP contribution in [-0.2, 0) is 0 Å². The molecule has 0 atom stereocenters. The van der Waals surface area contributed by atoms with Gasteiger partial charge >= 0.3 is 0 Å². The van der Waals surface area contributed by atoms with Crippen LogP contribution in [0.4, 0.5) is 4.39 Å². The Balaban J connectivity index is 2.49. The molecule has 5 heteroatoms. The Morgan fingerprint density at radius 3 is 2.41 bits per heavy atom. The normalized spacial score (nSPS) is 11.5. The van der Waals surface area contributed by atoms with Crippen molar-refractivity contribution in [1.82, 2.24) is 9.97 Å². The van der Waals surface area contributed by atoms with E-state index in [0.29, 0.717) is 17.0 Å². The molecule has 0 unspecified atom stereocenters. The van der Waals surface area contributed by atoms with Gasteiger partial charge in [0.2, 0.25) is 0 Å². The number of rotatable bonds is 2. The van der Waals surface area contributed by atoms with Gasteiger partial charge in [0.1, 0.15) is 17.2 Å². The maximum Gasteiger partial charge on any atom is 0.137 e. The smallest absolute Gasteiger partial charge is 0.137 e. The van der Waals surface area contributed by atoms with Crippen molar-refractivity contribution in [1.29, 1.82) is 0 Å². The number of hydrogen-bond acceptors (Lipinski definition) is 4. The molecule has 0 saturated carbocycles. The Hall–Kier alpha value is -2.30. The highest BCUT2D eigenvalue weighted by Crippen LogP contribution is 2.11.